The molecule has 0 aliphatic rings. The number of hydrogen-bond donors (Lipinski definition) is 0. The third kappa shape index (κ3) is 6.25. The second-order valence-electron chi connectivity index (χ2n) is 3.35. The molecule has 0 amide bonds. The summed E-state index contributed by atoms with van der Waals surface area (Å²) in [5.74, 6) is 0.381. The first-order chi connectivity index (χ1) is 8.72. The van der Waals surface area contributed by atoms with E-state index in [-0.39, 0.29) is 12.6 Å². The van der Waals surface area contributed by atoms with Gasteiger partial charge in [0.25, 0.3) is 0 Å². The first kappa shape index (κ1) is 14.5. The minimum atomic E-state index is -0.368. The molecule has 18 heavy (non-hydrogen) atoms. The topological polar surface area (TPSA) is 35.5 Å². The van der Waals surface area contributed by atoms with Crippen molar-refractivity contribution in [3.8, 4) is 5.75 Å². The van der Waals surface area contributed by atoms with Gasteiger partial charge in [-0.1, -0.05) is 34.2 Å². The van der Waals surface area contributed by atoms with Gasteiger partial charge in [-0.3, -0.25) is 0 Å². The molecule has 0 fully saturated rings. The molecule has 96 valence electrons. The maximum absolute atomic E-state index is 11.2. The van der Waals surface area contributed by atoms with E-state index >= 15 is 0 Å². The molecule has 0 radical (unpaired) electrons. The van der Waals surface area contributed by atoms with Crippen molar-refractivity contribution in [2.75, 3.05) is 13.2 Å². The van der Waals surface area contributed by atoms with Crippen molar-refractivity contribution >= 4 is 21.9 Å². The number of hydrogen-bond acceptors (Lipinski definition) is 3. The molecule has 4 heteroatoms. The highest BCUT2D eigenvalue weighted by Crippen LogP contribution is 2.15. The van der Waals surface area contributed by atoms with Crippen molar-refractivity contribution < 1.29 is 14.3 Å². The van der Waals surface area contributed by atoms with E-state index in [4.69, 9.17) is 9.47 Å². The second-order valence-corrected chi connectivity index (χ2v) is 4.27. The fourth-order valence-corrected chi connectivity index (χ4v) is 1.39. The van der Waals surface area contributed by atoms with Crippen molar-refractivity contribution in [1.29, 1.82) is 0 Å². The summed E-state index contributed by atoms with van der Waals surface area (Å²) in [5.41, 5.74) is 0. The number of carbonyl (C=O) groups is 1. The molecule has 3 nitrogen and oxygen atoms in total. The van der Waals surface area contributed by atoms with E-state index in [0.717, 1.165) is 10.2 Å². The van der Waals surface area contributed by atoms with Crippen LogP contribution >= 0.6 is 15.9 Å². The first-order valence-corrected chi connectivity index (χ1v) is 6.36. The zero-order valence-electron chi connectivity index (χ0n) is 10.1. The lowest BCUT2D eigenvalue weighted by atomic mass is 10.3. The van der Waals surface area contributed by atoms with Crippen molar-refractivity contribution in [2.24, 2.45) is 0 Å². The molecule has 0 aliphatic carbocycles. The van der Waals surface area contributed by atoms with Crippen molar-refractivity contribution in [1.82, 2.24) is 0 Å². The van der Waals surface area contributed by atoms with Gasteiger partial charge >= 0.3 is 5.97 Å². The van der Waals surface area contributed by atoms with Gasteiger partial charge in [-0.05, 0) is 31.2 Å². The summed E-state index contributed by atoms with van der Waals surface area (Å²) in [6.07, 6.45) is 6.61. The molecule has 0 saturated carbocycles. The van der Waals surface area contributed by atoms with Gasteiger partial charge in [-0.2, -0.15) is 0 Å². The van der Waals surface area contributed by atoms with Gasteiger partial charge in [0.05, 0.1) is 0 Å². The number of esters is 1. The third-order valence-corrected chi connectivity index (χ3v) is 2.47. The number of halogens is 1. The van der Waals surface area contributed by atoms with Crippen molar-refractivity contribution in [2.45, 2.75) is 6.92 Å². The Bertz CT molecular complexity index is 421. The van der Waals surface area contributed by atoms with Crippen LogP contribution in [0.1, 0.15) is 6.92 Å². The molecule has 1 aromatic rings. The lowest BCUT2D eigenvalue weighted by molar-refractivity contribution is -0.138. The Morgan fingerprint density at radius 1 is 1.22 bits per heavy atom. The monoisotopic (exact) mass is 310 g/mol. The van der Waals surface area contributed by atoms with Crippen LogP contribution in [0.2, 0.25) is 0 Å². The SMILES string of the molecule is C/C=C/C=C/C(=O)OCCOc1ccc(Br)cc1. The Morgan fingerprint density at radius 3 is 2.61 bits per heavy atom. The zero-order chi connectivity index (χ0) is 13.2. The number of allylic oxidation sites excluding steroid dienone is 3. The highest BCUT2D eigenvalue weighted by atomic mass is 79.9. The van der Waals surface area contributed by atoms with Crippen LogP contribution in [-0.2, 0) is 9.53 Å². The van der Waals surface area contributed by atoms with Crippen LogP contribution in [0.15, 0.2) is 53.0 Å². The van der Waals surface area contributed by atoms with E-state index in [2.05, 4.69) is 15.9 Å². The number of rotatable bonds is 6. The van der Waals surface area contributed by atoms with Crippen LogP contribution in [0, 0.1) is 0 Å². The molecule has 0 bridgehead atoms. The molecular weight excluding hydrogens is 296 g/mol. The third-order valence-electron chi connectivity index (χ3n) is 1.95. The fraction of sp³-hybridized carbons (Fsp3) is 0.214. The predicted molar refractivity (Wildman–Crippen MR) is 74.6 cm³/mol. The Morgan fingerprint density at radius 2 is 1.94 bits per heavy atom. The standard InChI is InChI=1S/C14H15BrO3/c1-2-3-4-5-14(16)18-11-10-17-13-8-6-12(15)7-9-13/h2-9H,10-11H2,1H3/b3-2+,5-4+. The summed E-state index contributed by atoms with van der Waals surface area (Å²) in [7, 11) is 0. The predicted octanol–water partition coefficient (Wildman–Crippen LogP) is 3.50. The number of benzene rings is 1. The van der Waals surface area contributed by atoms with Gasteiger partial charge in [0.2, 0.25) is 0 Å². The summed E-state index contributed by atoms with van der Waals surface area (Å²) in [6, 6.07) is 7.47. The lowest BCUT2D eigenvalue weighted by Gasteiger charge is -2.06. The fourth-order valence-electron chi connectivity index (χ4n) is 1.13. The van der Waals surface area contributed by atoms with Crippen molar-refractivity contribution in [3.05, 3.63) is 53.0 Å². The van der Waals surface area contributed by atoms with E-state index in [1.54, 1.807) is 12.2 Å². The van der Waals surface area contributed by atoms with Crippen LogP contribution in [0.4, 0.5) is 0 Å². The summed E-state index contributed by atoms with van der Waals surface area (Å²) in [6.45, 7) is 2.45. The summed E-state index contributed by atoms with van der Waals surface area (Å²) >= 11 is 3.34. The quantitative estimate of drug-likeness (QED) is 0.349. The molecule has 0 atom stereocenters. The summed E-state index contributed by atoms with van der Waals surface area (Å²) in [5, 5.41) is 0. The normalized spacial score (nSPS) is 11.0. The average Bonchev–Trinajstić information content (AvgIpc) is 2.37. The minimum absolute atomic E-state index is 0.231. The van der Waals surface area contributed by atoms with Crippen LogP contribution in [-0.4, -0.2) is 19.2 Å². The highest BCUT2D eigenvalue weighted by molar-refractivity contribution is 9.10. The van der Waals surface area contributed by atoms with Crippen molar-refractivity contribution in [3.63, 3.8) is 0 Å². The maximum atomic E-state index is 11.2. The molecule has 0 aromatic heterocycles. The van der Waals surface area contributed by atoms with Gasteiger partial charge in [0.15, 0.2) is 0 Å². The van der Waals surface area contributed by atoms with E-state index in [0.29, 0.717) is 6.61 Å². The van der Waals surface area contributed by atoms with E-state index in [9.17, 15) is 4.79 Å². The van der Waals surface area contributed by atoms with Crippen LogP contribution < -0.4 is 4.74 Å². The van der Waals surface area contributed by atoms with Gasteiger partial charge in [-0.15, -0.1) is 0 Å². The molecule has 0 spiro atoms. The molecule has 0 aliphatic heterocycles. The molecule has 1 aromatic carbocycles. The molecule has 0 heterocycles. The number of ether oxygens (including phenoxy) is 2. The highest BCUT2D eigenvalue weighted by Gasteiger charge is 1.97. The Labute approximate surface area is 115 Å². The summed E-state index contributed by atoms with van der Waals surface area (Å²) in [4.78, 5) is 11.2. The molecule has 0 N–H and O–H groups in total. The molecule has 0 saturated heterocycles. The first-order valence-electron chi connectivity index (χ1n) is 5.57. The molecule has 1 rings (SSSR count). The second kappa shape index (κ2) is 8.53. The summed E-state index contributed by atoms with van der Waals surface area (Å²) < 4.78 is 11.3. The van der Waals surface area contributed by atoms with Gasteiger partial charge in [-0.25, -0.2) is 4.79 Å². The lowest BCUT2D eigenvalue weighted by Crippen LogP contribution is -2.10. The van der Waals surface area contributed by atoms with E-state index in [1.165, 1.54) is 6.08 Å². The van der Waals surface area contributed by atoms with Gasteiger partial charge in [0.1, 0.15) is 19.0 Å². The largest absolute Gasteiger partial charge is 0.490 e. The van der Waals surface area contributed by atoms with Gasteiger partial charge < -0.3 is 9.47 Å². The molecular formula is C14H15BrO3. The Balaban J connectivity index is 2.18. The molecule has 0 unspecified atom stereocenters. The maximum Gasteiger partial charge on any atom is 0.330 e. The van der Waals surface area contributed by atoms with E-state index in [1.807, 2.05) is 37.3 Å². The number of carbonyl (C=O) groups excluding carboxylic acids is 1. The Kier molecular flexibility index (Phi) is 6.87. The smallest absolute Gasteiger partial charge is 0.330 e. The van der Waals surface area contributed by atoms with E-state index < -0.39 is 0 Å². The van der Waals surface area contributed by atoms with Gasteiger partial charge in [0, 0.05) is 10.5 Å². The van der Waals surface area contributed by atoms with Crippen LogP contribution in [0.3, 0.4) is 0 Å². The minimum Gasteiger partial charge on any atom is -0.490 e. The average molecular weight is 311 g/mol. The zero-order valence-corrected chi connectivity index (χ0v) is 11.7. The Hall–Kier alpha value is -1.55. The van der Waals surface area contributed by atoms with Crippen LogP contribution in [0.25, 0.3) is 0 Å². The van der Waals surface area contributed by atoms with Crippen LogP contribution in [0.5, 0.6) is 5.75 Å².